The molecule has 4 fully saturated rings. The van der Waals surface area contributed by atoms with Gasteiger partial charge < -0.3 is 37.3 Å². The molecule has 5 aromatic heterocycles. The fourth-order valence-corrected chi connectivity index (χ4v) is 5.21. The SMILES string of the molecule is C.CC#N.CC1(N)CC1.CC1(Nc2ccncc2N)CC1.CC1(Nc2ccncc2[N+](=O)[O-])CC1.CC1(n2c(=O)[nH]c3cnccc32)CC1.CCO.CO.O=[N+]([O-])c1cnccc1Cl.[2H]CI. The van der Waals surface area contributed by atoms with Gasteiger partial charge in [0.25, 0.3) is 0 Å². The molecule has 0 radical (unpaired) electrons. The number of imidazole rings is 1. The van der Waals surface area contributed by atoms with E-state index >= 15 is 0 Å². The zero-order chi connectivity index (χ0) is 50.1. The lowest BCUT2D eigenvalue weighted by atomic mass is 10.2. The molecule has 4 saturated carbocycles. The molecule has 20 nitrogen and oxygen atoms in total. The average Bonchev–Trinajstić information content (AvgIpc) is 4.21. The number of fused-ring (bicyclic) bond motifs is 1. The van der Waals surface area contributed by atoms with Crippen LogP contribution in [0.4, 0.5) is 28.4 Å². The molecule has 0 unspecified atom stereocenters. The maximum Gasteiger partial charge on any atom is 0.327 e. The Hall–Kier alpha value is -5.54. The van der Waals surface area contributed by atoms with Crippen LogP contribution in [-0.2, 0) is 5.54 Å². The topological polar surface area (TPSA) is 316 Å². The van der Waals surface area contributed by atoms with Crippen molar-refractivity contribution < 1.29 is 21.4 Å². The number of nitrogens with zero attached hydrogens (tertiary/aromatic N) is 8. The van der Waals surface area contributed by atoms with E-state index in [4.69, 9.17) is 39.9 Å². The number of aromatic amines is 1. The van der Waals surface area contributed by atoms with E-state index < -0.39 is 9.85 Å². The van der Waals surface area contributed by atoms with Gasteiger partial charge in [-0.2, -0.15) is 5.26 Å². The zero-order valence-corrected chi connectivity index (χ0v) is 40.8. The van der Waals surface area contributed by atoms with Crippen LogP contribution in [0.2, 0.25) is 5.02 Å². The molecule has 0 aromatic carbocycles. The monoisotopic (exact) mass is 1050 g/mol. The number of nitrogen functional groups attached to an aromatic ring is 1. The number of aromatic nitrogens is 6. The van der Waals surface area contributed by atoms with E-state index in [9.17, 15) is 25.0 Å². The zero-order valence-electron chi connectivity index (χ0n) is 38.9. The molecule has 0 aliphatic heterocycles. The maximum atomic E-state index is 11.7. The predicted octanol–water partition coefficient (Wildman–Crippen LogP) is 8.78. The van der Waals surface area contributed by atoms with Crippen molar-refractivity contribution in [2.24, 2.45) is 5.73 Å². The molecule has 0 saturated heterocycles. The van der Waals surface area contributed by atoms with Crippen LogP contribution in [0.3, 0.4) is 0 Å². The highest BCUT2D eigenvalue weighted by molar-refractivity contribution is 14.1. The summed E-state index contributed by atoms with van der Waals surface area (Å²) < 4.78 is 8.05. The van der Waals surface area contributed by atoms with Crippen molar-refractivity contribution in [2.75, 3.05) is 35.0 Å². The molecule has 0 spiro atoms. The summed E-state index contributed by atoms with van der Waals surface area (Å²) in [5, 5.41) is 49.3. The van der Waals surface area contributed by atoms with Crippen LogP contribution >= 0.6 is 34.2 Å². The van der Waals surface area contributed by atoms with Gasteiger partial charge in [-0.15, -0.1) is 0 Å². The third-order valence-corrected chi connectivity index (χ3v) is 10.0. The number of anilines is 3. The lowest BCUT2D eigenvalue weighted by molar-refractivity contribution is -0.385. The standard InChI is InChI=1S/C10H11N3O.C9H11N3O2.C9H13N3.C5H3ClN2O2.C4H9N.C2H3N.C2H6O.CH3I.CH4O.CH4/c1-10(3-4-10)13-8-2-5-11-6-7(8)12-9(13)14;1-9(3-4-9)11-7-2-5-10-6-8(7)12(13)14;1-9(3-4-9)12-8-2-5-11-6-7(8)10;6-4-1-2-7-3-5(4)8(9)10;1-4(5)2-3-4;2*1-2-3;2*1-2;/h2,5-6H,3-4H2,1H3,(H,12,14);2,5-6H,3-4H2,1H3,(H,10,11);2,5-6H,3-4,10H2,1H3,(H,11,12);1-3H;2-3,5H2,1H3;1H3;3H,2H2,1H3;1H3;2H,1H3;1H4/i;;;;;;;1D;;. The summed E-state index contributed by atoms with van der Waals surface area (Å²) in [4.78, 5) is 50.0. The summed E-state index contributed by atoms with van der Waals surface area (Å²) in [7, 11) is 1.00. The van der Waals surface area contributed by atoms with Gasteiger partial charge in [-0.05, 0) is 115 Å². The molecule has 0 atom stereocenters. The number of nitriles is 1. The summed E-state index contributed by atoms with van der Waals surface area (Å²) in [6.07, 6.45) is 21.4. The lowest BCUT2D eigenvalue weighted by Gasteiger charge is -2.14. The highest BCUT2D eigenvalue weighted by Gasteiger charge is 2.42. The Balaban J connectivity index is 0.000000783. The number of H-pyrrole nitrogens is 1. The van der Waals surface area contributed by atoms with Crippen molar-refractivity contribution in [3.05, 3.63) is 110 Å². The van der Waals surface area contributed by atoms with Gasteiger partial charge in [-0.1, -0.05) is 41.6 Å². The molecule has 364 valence electrons. The molecule has 66 heavy (non-hydrogen) atoms. The first-order valence-electron chi connectivity index (χ1n) is 21.0. The molecular formula is C44H67ClIN13O7. The van der Waals surface area contributed by atoms with Crippen molar-refractivity contribution in [1.29, 1.82) is 5.26 Å². The Morgan fingerprint density at radius 3 is 1.65 bits per heavy atom. The van der Waals surface area contributed by atoms with E-state index in [-0.39, 0.29) is 58.3 Å². The van der Waals surface area contributed by atoms with Crippen molar-refractivity contribution in [3.8, 4) is 6.07 Å². The Kier molecular flexibility index (Phi) is 25.8. The summed E-state index contributed by atoms with van der Waals surface area (Å²) in [5.41, 5.74) is 15.8. The average molecular weight is 1050 g/mol. The largest absolute Gasteiger partial charge is 0.400 e. The number of rotatable bonds is 7. The summed E-state index contributed by atoms with van der Waals surface area (Å²) in [6, 6.07) is 8.57. The van der Waals surface area contributed by atoms with Crippen LogP contribution in [-0.4, -0.2) is 84.8 Å². The van der Waals surface area contributed by atoms with Gasteiger partial charge in [0.05, 0.1) is 50.7 Å². The molecule has 0 bridgehead atoms. The first-order chi connectivity index (χ1) is 31.2. The lowest BCUT2D eigenvalue weighted by Crippen LogP contribution is -2.25. The number of hydrogen-bond donors (Lipinski definition) is 7. The van der Waals surface area contributed by atoms with Crippen molar-refractivity contribution in [2.45, 2.75) is 122 Å². The number of aliphatic hydroxyl groups excluding tert-OH is 2. The Morgan fingerprint density at radius 2 is 1.26 bits per heavy atom. The molecule has 5 heterocycles. The second kappa shape index (κ2) is 29.2. The number of aliphatic hydroxyl groups is 2. The molecule has 4 aliphatic carbocycles. The fourth-order valence-electron chi connectivity index (χ4n) is 5.03. The van der Waals surface area contributed by atoms with Crippen LogP contribution in [0.15, 0.2) is 78.6 Å². The predicted molar refractivity (Wildman–Crippen MR) is 272 cm³/mol. The number of alkyl halides is 1. The molecular weight excluding hydrogens is 985 g/mol. The number of pyridine rings is 4. The number of hydrogen-bond acceptors (Lipinski definition) is 16. The normalized spacial score (nSPS) is 15.5. The van der Waals surface area contributed by atoms with E-state index in [1.165, 1.54) is 51.1 Å². The third-order valence-electron chi connectivity index (χ3n) is 9.70. The smallest absolute Gasteiger partial charge is 0.327 e. The first-order valence-corrected chi connectivity index (χ1v) is 22.2. The quantitative estimate of drug-likeness (QED) is 0.0346. The second-order valence-corrected chi connectivity index (χ2v) is 16.3. The van der Waals surface area contributed by atoms with Crippen molar-refractivity contribution in [3.63, 3.8) is 0 Å². The highest BCUT2D eigenvalue weighted by atomic mass is 127. The molecule has 5 aromatic rings. The molecule has 4 aliphatic rings. The van der Waals surface area contributed by atoms with Gasteiger partial charge in [-0.25, -0.2) is 4.79 Å². The van der Waals surface area contributed by atoms with Crippen LogP contribution in [0, 0.1) is 31.6 Å². The fraction of sp³-hybridized carbons (Fsp3) is 0.500. The number of halogens is 2. The van der Waals surface area contributed by atoms with E-state index in [0.29, 0.717) is 10.6 Å². The second-order valence-electron chi connectivity index (χ2n) is 15.9. The van der Waals surface area contributed by atoms with Crippen molar-refractivity contribution >= 4 is 73.7 Å². The number of nitrogens with two attached hydrogens (primary N) is 2. The van der Waals surface area contributed by atoms with Crippen LogP contribution in [0.25, 0.3) is 11.0 Å². The highest BCUT2D eigenvalue weighted by Crippen LogP contribution is 2.43. The van der Waals surface area contributed by atoms with E-state index in [2.05, 4.69) is 63.2 Å². The minimum atomic E-state index is -0.574. The van der Waals surface area contributed by atoms with Gasteiger partial charge in [0.2, 0.25) is 0 Å². The van der Waals surface area contributed by atoms with Gasteiger partial charge in [0.1, 0.15) is 23.1 Å². The molecule has 9 rings (SSSR count). The summed E-state index contributed by atoms with van der Waals surface area (Å²) >= 11 is 7.39. The van der Waals surface area contributed by atoms with Crippen LogP contribution < -0.4 is 27.8 Å². The van der Waals surface area contributed by atoms with Gasteiger partial charge in [-0.3, -0.25) is 44.7 Å². The Bertz CT molecular complexity index is 2340. The number of nitro groups is 2. The van der Waals surface area contributed by atoms with Gasteiger partial charge >= 0.3 is 17.1 Å². The summed E-state index contributed by atoms with van der Waals surface area (Å²) in [5.74, 6) is 0. The van der Waals surface area contributed by atoms with Crippen LogP contribution in [0.1, 0.15) is 102 Å². The number of nitrogens with one attached hydrogen (secondary N) is 3. The molecule has 22 heteroatoms. The van der Waals surface area contributed by atoms with E-state index in [1.54, 1.807) is 50.0 Å². The molecule has 0 amide bonds. The maximum absolute atomic E-state index is 11.7. The Morgan fingerprint density at radius 1 is 0.864 bits per heavy atom. The third kappa shape index (κ3) is 21.6. The van der Waals surface area contributed by atoms with Gasteiger partial charge in [0.15, 0.2) is 0 Å². The first kappa shape index (κ1) is 58.5. The van der Waals surface area contributed by atoms with E-state index in [1.807, 2.05) is 39.3 Å². The van der Waals surface area contributed by atoms with Crippen LogP contribution in [0.5, 0.6) is 0 Å². The Labute approximate surface area is 406 Å². The minimum absolute atomic E-state index is 0. The molecule has 9 N–H and O–H groups in total. The van der Waals surface area contributed by atoms with Gasteiger partial charge in [0, 0.05) is 69.0 Å². The minimum Gasteiger partial charge on any atom is -0.400 e. The summed E-state index contributed by atoms with van der Waals surface area (Å²) in [6.45, 7) is 11.8. The van der Waals surface area contributed by atoms with Crippen molar-refractivity contribution in [1.82, 2.24) is 29.5 Å². The van der Waals surface area contributed by atoms with E-state index in [0.717, 1.165) is 61.4 Å².